The third-order valence-electron chi connectivity index (χ3n) is 2.80. The normalized spacial score (nSPS) is 31.8. The van der Waals surface area contributed by atoms with Crippen LogP contribution in [0.2, 0.25) is 0 Å². The first-order valence-corrected chi connectivity index (χ1v) is 4.88. The van der Waals surface area contributed by atoms with Crippen molar-refractivity contribution in [2.45, 2.75) is 58.2 Å². The first kappa shape index (κ1) is 10.0. The van der Waals surface area contributed by atoms with Crippen LogP contribution in [-0.4, -0.2) is 34.2 Å². The lowest BCUT2D eigenvalue weighted by molar-refractivity contribution is 0.000140. The summed E-state index contributed by atoms with van der Waals surface area (Å²) in [6, 6.07) is 1.45. The maximum absolute atomic E-state index is 9.53. The summed E-state index contributed by atoms with van der Waals surface area (Å²) in [5.74, 6) is 0. The van der Waals surface area contributed by atoms with Crippen molar-refractivity contribution in [2.75, 3.05) is 6.54 Å². The quantitative estimate of drug-likeness (QED) is 0.697. The minimum Gasteiger partial charge on any atom is -0.390 e. The summed E-state index contributed by atoms with van der Waals surface area (Å²) in [4.78, 5) is 2.46. The van der Waals surface area contributed by atoms with Gasteiger partial charge >= 0.3 is 0 Å². The molecule has 1 aliphatic rings. The largest absolute Gasteiger partial charge is 0.390 e. The first-order chi connectivity index (χ1) is 5.40. The number of hydrogen-bond donors (Lipinski definition) is 1. The minimum absolute atomic E-state index is 0.505. The van der Waals surface area contributed by atoms with Gasteiger partial charge in [0.2, 0.25) is 0 Å². The summed E-state index contributed by atoms with van der Waals surface area (Å²) in [5.41, 5.74) is -0.505. The highest BCUT2D eigenvalue weighted by molar-refractivity contribution is 4.87. The summed E-state index contributed by atoms with van der Waals surface area (Å²) in [6.45, 7) is 9.30. The lowest BCUT2D eigenvalue weighted by atomic mass is 9.94. The maximum Gasteiger partial charge on any atom is 0.0603 e. The molecule has 0 amide bonds. The van der Waals surface area contributed by atoms with Crippen LogP contribution in [0.25, 0.3) is 0 Å². The molecule has 0 radical (unpaired) electrons. The fraction of sp³-hybridized carbons (Fsp3) is 1.00. The first-order valence-electron chi connectivity index (χ1n) is 4.88. The molecule has 0 spiro atoms. The molecule has 1 saturated heterocycles. The van der Waals surface area contributed by atoms with Crippen LogP contribution in [0.5, 0.6) is 0 Å². The lowest BCUT2D eigenvalue weighted by Gasteiger charge is -2.46. The molecule has 1 aliphatic heterocycles. The summed E-state index contributed by atoms with van der Waals surface area (Å²) < 4.78 is 0. The Morgan fingerprint density at radius 1 is 1.33 bits per heavy atom. The summed E-state index contributed by atoms with van der Waals surface area (Å²) in [7, 11) is 0. The lowest BCUT2D eigenvalue weighted by Crippen LogP contribution is -2.53. The van der Waals surface area contributed by atoms with Gasteiger partial charge in [0.05, 0.1) is 5.60 Å². The van der Waals surface area contributed by atoms with Crippen LogP contribution in [-0.2, 0) is 0 Å². The standard InChI is InChI=1S/C10H21NO/c1-8-7-9(2)11(8)6-5-10(3,4)12/h8-9,12H,5-7H2,1-4H3. The summed E-state index contributed by atoms with van der Waals surface area (Å²) in [6.07, 6.45) is 2.19. The van der Waals surface area contributed by atoms with E-state index in [0.717, 1.165) is 25.0 Å². The van der Waals surface area contributed by atoms with Gasteiger partial charge in [0, 0.05) is 18.6 Å². The van der Waals surface area contributed by atoms with Gasteiger partial charge in [0.25, 0.3) is 0 Å². The number of likely N-dealkylation sites (tertiary alicyclic amines) is 1. The highest BCUT2D eigenvalue weighted by atomic mass is 16.3. The average Bonchev–Trinajstić information content (AvgIpc) is 1.84. The van der Waals surface area contributed by atoms with Crippen molar-refractivity contribution in [3.63, 3.8) is 0 Å². The molecular weight excluding hydrogens is 150 g/mol. The van der Waals surface area contributed by atoms with Crippen molar-refractivity contribution in [3.8, 4) is 0 Å². The number of nitrogens with zero attached hydrogens (tertiary/aromatic N) is 1. The maximum atomic E-state index is 9.53. The molecule has 0 aliphatic carbocycles. The van der Waals surface area contributed by atoms with Crippen LogP contribution in [0.1, 0.15) is 40.5 Å². The third-order valence-corrected chi connectivity index (χ3v) is 2.80. The van der Waals surface area contributed by atoms with Gasteiger partial charge in [-0.05, 0) is 40.5 Å². The van der Waals surface area contributed by atoms with Crippen LogP contribution in [0.4, 0.5) is 0 Å². The van der Waals surface area contributed by atoms with E-state index in [0.29, 0.717) is 0 Å². The number of rotatable bonds is 3. The van der Waals surface area contributed by atoms with Crippen LogP contribution < -0.4 is 0 Å². The van der Waals surface area contributed by atoms with Crippen molar-refractivity contribution in [3.05, 3.63) is 0 Å². The Bertz CT molecular complexity index is 142. The average molecular weight is 171 g/mol. The second kappa shape index (κ2) is 3.35. The smallest absolute Gasteiger partial charge is 0.0603 e. The Labute approximate surface area is 75.6 Å². The molecular formula is C10H21NO. The predicted octanol–water partition coefficient (Wildman–Crippen LogP) is 1.63. The van der Waals surface area contributed by atoms with Gasteiger partial charge in [0.15, 0.2) is 0 Å². The van der Waals surface area contributed by atoms with Crippen molar-refractivity contribution in [1.29, 1.82) is 0 Å². The van der Waals surface area contributed by atoms with Crippen molar-refractivity contribution >= 4 is 0 Å². The van der Waals surface area contributed by atoms with Crippen LogP contribution in [0.15, 0.2) is 0 Å². The fourth-order valence-electron chi connectivity index (χ4n) is 1.90. The van der Waals surface area contributed by atoms with Crippen LogP contribution in [0.3, 0.4) is 0 Å². The van der Waals surface area contributed by atoms with Gasteiger partial charge in [-0.3, -0.25) is 4.90 Å². The molecule has 2 atom stereocenters. The van der Waals surface area contributed by atoms with E-state index in [9.17, 15) is 5.11 Å². The monoisotopic (exact) mass is 171 g/mol. The van der Waals surface area contributed by atoms with Gasteiger partial charge in [-0.2, -0.15) is 0 Å². The number of hydrogen-bond acceptors (Lipinski definition) is 2. The molecule has 0 saturated carbocycles. The second-order valence-electron chi connectivity index (χ2n) is 4.73. The van der Waals surface area contributed by atoms with Crippen LogP contribution in [0, 0.1) is 0 Å². The fourth-order valence-corrected chi connectivity index (χ4v) is 1.90. The molecule has 0 aromatic rings. The Morgan fingerprint density at radius 3 is 2.17 bits per heavy atom. The van der Waals surface area contributed by atoms with E-state index in [1.54, 1.807) is 0 Å². The summed E-state index contributed by atoms with van der Waals surface area (Å²) >= 11 is 0. The Balaban J connectivity index is 2.23. The van der Waals surface area contributed by atoms with Crippen LogP contribution >= 0.6 is 0 Å². The van der Waals surface area contributed by atoms with E-state index < -0.39 is 5.60 Å². The third kappa shape index (κ3) is 2.46. The van der Waals surface area contributed by atoms with Gasteiger partial charge < -0.3 is 5.11 Å². The Hall–Kier alpha value is -0.0800. The van der Waals surface area contributed by atoms with Crippen molar-refractivity contribution in [2.24, 2.45) is 0 Å². The molecule has 0 bridgehead atoms. The molecule has 1 N–H and O–H groups in total. The van der Waals surface area contributed by atoms with E-state index in [4.69, 9.17) is 0 Å². The van der Waals surface area contributed by atoms with E-state index in [-0.39, 0.29) is 0 Å². The molecule has 72 valence electrons. The minimum atomic E-state index is -0.505. The molecule has 12 heavy (non-hydrogen) atoms. The topological polar surface area (TPSA) is 23.5 Å². The van der Waals surface area contributed by atoms with Gasteiger partial charge in [-0.25, -0.2) is 0 Å². The molecule has 1 heterocycles. The zero-order valence-electron chi connectivity index (χ0n) is 8.67. The zero-order chi connectivity index (χ0) is 9.35. The molecule has 1 rings (SSSR count). The molecule has 2 heteroatoms. The zero-order valence-corrected chi connectivity index (χ0v) is 8.67. The van der Waals surface area contributed by atoms with Gasteiger partial charge in [0.1, 0.15) is 0 Å². The van der Waals surface area contributed by atoms with Crippen molar-refractivity contribution in [1.82, 2.24) is 4.90 Å². The Morgan fingerprint density at radius 2 is 1.83 bits per heavy atom. The SMILES string of the molecule is CC1CC(C)N1CCC(C)(C)O. The molecule has 2 nitrogen and oxygen atoms in total. The molecule has 0 aromatic heterocycles. The summed E-state index contributed by atoms with van der Waals surface area (Å²) in [5, 5.41) is 9.53. The van der Waals surface area contributed by atoms with E-state index in [1.807, 2.05) is 13.8 Å². The van der Waals surface area contributed by atoms with E-state index >= 15 is 0 Å². The molecule has 1 fully saturated rings. The molecule has 0 aromatic carbocycles. The van der Waals surface area contributed by atoms with Crippen molar-refractivity contribution < 1.29 is 5.11 Å². The highest BCUT2D eigenvalue weighted by Gasteiger charge is 2.31. The van der Waals surface area contributed by atoms with Gasteiger partial charge in [-0.15, -0.1) is 0 Å². The number of aliphatic hydroxyl groups is 1. The predicted molar refractivity (Wildman–Crippen MR) is 51.2 cm³/mol. The van der Waals surface area contributed by atoms with Gasteiger partial charge in [-0.1, -0.05) is 0 Å². The highest BCUT2D eigenvalue weighted by Crippen LogP contribution is 2.25. The Kier molecular flexibility index (Phi) is 2.79. The van der Waals surface area contributed by atoms with E-state index in [2.05, 4.69) is 18.7 Å². The molecule has 2 unspecified atom stereocenters. The van der Waals surface area contributed by atoms with E-state index in [1.165, 1.54) is 6.42 Å². The second-order valence-corrected chi connectivity index (χ2v) is 4.73.